The van der Waals surface area contributed by atoms with Gasteiger partial charge in [0, 0.05) is 6.54 Å². The van der Waals surface area contributed by atoms with Gasteiger partial charge in [0.05, 0.1) is 11.3 Å². The molecule has 1 rings (SSSR count). The Morgan fingerprint density at radius 1 is 1.38 bits per heavy atom. The SMILES string of the molecule is CC(C)CNC(=O)C1CC1(C(=O)O)C(C)C. The summed E-state index contributed by atoms with van der Waals surface area (Å²) in [5.74, 6) is -0.901. The van der Waals surface area contributed by atoms with Crippen molar-refractivity contribution in [3.63, 3.8) is 0 Å². The molecule has 0 aromatic rings. The Balaban J connectivity index is 2.59. The number of amides is 1. The number of hydrogen-bond acceptors (Lipinski definition) is 2. The van der Waals surface area contributed by atoms with Crippen LogP contribution in [-0.2, 0) is 9.59 Å². The van der Waals surface area contributed by atoms with Gasteiger partial charge in [-0.3, -0.25) is 9.59 Å². The molecule has 0 aliphatic heterocycles. The molecule has 2 unspecified atom stereocenters. The van der Waals surface area contributed by atoms with Crippen LogP contribution in [0.15, 0.2) is 0 Å². The zero-order valence-electron chi connectivity index (χ0n) is 10.4. The lowest BCUT2D eigenvalue weighted by atomic mass is 9.89. The van der Waals surface area contributed by atoms with E-state index < -0.39 is 11.4 Å². The van der Waals surface area contributed by atoms with E-state index in [4.69, 9.17) is 0 Å². The second-order valence-electron chi connectivity index (χ2n) is 5.40. The molecule has 16 heavy (non-hydrogen) atoms. The van der Waals surface area contributed by atoms with Crippen LogP contribution in [0.25, 0.3) is 0 Å². The van der Waals surface area contributed by atoms with Crippen LogP contribution in [0, 0.1) is 23.2 Å². The molecule has 0 spiro atoms. The van der Waals surface area contributed by atoms with E-state index in [1.54, 1.807) is 0 Å². The van der Waals surface area contributed by atoms with Crippen LogP contribution in [0.1, 0.15) is 34.1 Å². The summed E-state index contributed by atoms with van der Waals surface area (Å²) in [5.41, 5.74) is -0.818. The van der Waals surface area contributed by atoms with Crippen molar-refractivity contribution in [3.05, 3.63) is 0 Å². The summed E-state index contributed by atoms with van der Waals surface area (Å²) in [6.45, 7) is 8.37. The second kappa shape index (κ2) is 4.44. The predicted molar refractivity (Wildman–Crippen MR) is 60.9 cm³/mol. The van der Waals surface area contributed by atoms with Crippen LogP contribution in [0.2, 0.25) is 0 Å². The fourth-order valence-electron chi connectivity index (χ4n) is 2.15. The van der Waals surface area contributed by atoms with Gasteiger partial charge in [-0.05, 0) is 18.3 Å². The van der Waals surface area contributed by atoms with Crippen molar-refractivity contribution >= 4 is 11.9 Å². The maximum atomic E-state index is 11.8. The Morgan fingerprint density at radius 2 is 1.94 bits per heavy atom. The van der Waals surface area contributed by atoms with E-state index in [1.807, 2.05) is 27.7 Å². The summed E-state index contributed by atoms with van der Waals surface area (Å²) in [5, 5.41) is 12.0. The second-order valence-corrected chi connectivity index (χ2v) is 5.40. The third-order valence-electron chi connectivity index (χ3n) is 3.43. The number of aliphatic carboxylic acids is 1. The lowest BCUT2D eigenvalue weighted by molar-refractivity contribution is -0.147. The highest BCUT2D eigenvalue weighted by Crippen LogP contribution is 2.58. The van der Waals surface area contributed by atoms with Crippen molar-refractivity contribution in [1.82, 2.24) is 5.32 Å². The minimum atomic E-state index is -0.841. The highest BCUT2D eigenvalue weighted by molar-refractivity contribution is 5.92. The van der Waals surface area contributed by atoms with Crippen LogP contribution in [0.4, 0.5) is 0 Å². The summed E-state index contributed by atoms with van der Waals surface area (Å²) >= 11 is 0. The number of carboxylic acids is 1. The molecule has 0 aromatic carbocycles. The van der Waals surface area contributed by atoms with Gasteiger partial charge in [-0.2, -0.15) is 0 Å². The number of carboxylic acid groups (broad SMARTS) is 1. The molecule has 1 fully saturated rings. The number of carbonyl (C=O) groups excluding carboxylic acids is 1. The lowest BCUT2D eigenvalue weighted by Gasteiger charge is -2.16. The van der Waals surface area contributed by atoms with Gasteiger partial charge in [0.1, 0.15) is 0 Å². The summed E-state index contributed by atoms with van der Waals surface area (Å²) in [6.07, 6.45) is 0.476. The summed E-state index contributed by atoms with van der Waals surface area (Å²) in [7, 11) is 0. The van der Waals surface area contributed by atoms with Gasteiger partial charge in [-0.25, -0.2) is 0 Å². The predicted octanol–water partition coefficient (Wildman–Crippen LogP) is 1.51. The van der Waals surface area contributed by atoms with Crippen LogP contribution >= 0.6 is 0 Å². The van der Waals surface area contributed by atoms with Gasteiger partial charge >= 0.3 is 5.97 Å². The highest BCUT2D eigenvalue weighted by atomic mass is 16.4. The van der Waals surface area contributed by atoms with E-state index in [-0.39, 0.29) is 17.7 Å². The van der Waals surface area contributed by atoms with Crippen molar-refractivity contribution in [1.29, 1.82) is 0 Å². The Hall–Kier alpha value is -1.06. The zero-order valence-corrected chi connectivity index (χ0v) is 10.4. The van der Waals surface area contributed by atoms with Crippen molar-refractivity contribution in [2.75, 3.05) is 6.54 Å². The summed E-state index contributed by atoms with van der Waals surface area (Å²) < 4.78 is 0. The van der Waals surface area contributed by atoms with Crippen LogP contribution in [0.3, 0.4) is 0 Å². The summed E-state index contributed by atoms with van der Waals surface area (Å²) in [6, 6.07) is 0. The lowest BCUT2D eigenvalue weighted by Crippen LogP contribution is -2.34. The first-order valence-corrected chi connectivity index (χ1v) is 5.83. The first-order valence-electron chi connectivity index (χ1n) is 5.83. The minimum Gasteiger partial charge on any atom is -0.481 e. The molecule has 4 heteroatoms. The van der Waals surface area contributed by atoms with Gasteiger partial charge in [0.25, 0.3) is 0 Å². The smallest absolute Gasteiger partial charge is 0.310 e. The monoisotopic (exact) mass is 227 g/mol. The van der Waals surface area contributed by atoms with E-state index in [2.05, 4.69) is 5.32 Å². The van der Waals surface area contributed by atoms with Gasteiger partial charge in [0.15, 0.2) is 0 Å². The molecular weight excluding hydrogens is 206 g/mol. The maximum Gasteiger partial charge on any atom is 0.310 e. The minimum absolute atomic E-state index is 0.000185. The quantitative estimate of drug-likeness (QED) is 0.748. The fraction of sp³-hybridized carbons (Fsp3) is 0.833. The molecule has 1 aliphatic carbocycles. The van der Waals surface area contributed by atoms with E-state index in [0.717, 1.165) is 0 Å². The Labute approximate surface area is 96.4 Å². The third kappa shape index (κ3) is 2.20. The molecule has 0 radical (unpaired) electrons. The molecule has 1 aliphatic rings. The molecule has 0 heterocycles. The molecule has 2 N–H and O–H groups in total. The molecule has 0 bridgehead atoms. The van der Waals surface area contributed by atoms with Gasteiger partial charge in [-0.15, -0.1) is 0 Å². The van der Waals surface area contributed by atoms with E-state index in [0.29, 0.717) is 18.9 Å². The average Bonchev–Trinajstić information content (AvgIpc) is 2.90. The number of rotatable bonds is 5. The number of nitrogens with one attached hydrogen (secondary N) is 1. The molecule has 0 saturated heterocycles. The van der Waals surface area contributed by atoms with Crippen LogP contribution in [0.5, 0.6) is 0 Å². The van der Waals surface area contributed by atoms with Crippen molar-refractivity contribution in [2.24, 2.45) is 23.2 Å². The van der Waals surface area contributed by atoms with Crippen LogP contribution < -0.4 is 5.32 Å². The molecule has 4 nitrogen and oxygen atoms in total. The van der Waals surface area contributed by atoms with Gasteiger partial charge < -0.3 is 10.4 Å². The van der Waals surface area contributed by atoms with Crippen molar-refractivity contribution < 1.29 is 14.7 Å². The number of hydrogen-bond donors (Lipinski definition) is 2. The van der Waals surface area contributed by atoms with Gasteiger partial charge in [-0.1, -0.05) is 27.7 Å². The fourth-order valence-corrected chi connectivity index (χ4v) is 2.15. The van der Waals surface area contributed by atoms with E-state index in [1.165, 1.54) is 0 Å². The van der Waals surface area contributed by atoms with Crippen LogP contribution in [-0.4, -0.2) is 23.5 Å². The summed E-state index contributed by atoms with van der Waals surface area (Å²) in [4.78, 5) is 23.0. The molecule has 1 amide bonds. The molecule has 0 aromatic heterocycles. The largest absolute Gasteiger partial charge is 0.481 e. The molecule has 92 valence electrons. The normalized spacial score (nSPS) is 28.2. The molecule has 1 saturated carbocycles. The van der Waals surface area contributed by atoms with E-state index >= 15 is 0 Å². The van der Waals surface area contributed by atoms with Crippen molar-refractivity contribution in [3.8, 4) is 0 Å². The van der Waals surface area contributed by atoms with Crippen molar-refractivity contribution in [2.45, 2.75) is 34.1 Å². The standard InChI is InChI=1S/C12H21NO3/c1-7(2)6-13-10(14)9-5-12(9,8(3)4)11(15)16/h7-9H,5-6H2,1-4H3,(H,13,14)(H,15,16). The topological polar surface area (TPSA) is 66.4 Å². The highest BCUT2D eigenvalue weighted by Gasteiger charge is 2.65. The average molecular weight is 227 g/mol. The first kappa shape index (κ1) is 13.0. The number of carbonyl (C=O) groups is 2. The first-order chi connectivity index (χ1) is 7.32. The van der Waals surface area contributed by atoms with E-state index in [9.17, 15) is 14.7 Å². The third-order valence-corrected chi connectivity index (χ3v) is 3.43. The zero-order chi connectivity index (χ0) is 12.5. The van der Waals surface area contributed by atoms with Gasteiger partial charge in [0.2, 0.25) is 5.91 Å². The Morgan fingerprint density at radius 3 is 2.25 bits per heavy atom. The molecular formula is C12H21NO3. The Kier molecular flexibility index (Phi) is 3.61. The Bertz CT molecular complexity index is 299. The molecule has 2 atom stereocenters. The maximum absolute atomic E-state index is 11.8.